The van der Waals surface area contributed by atoms with Gasteiger partial charge in [0, 0.05) is 43.9 Å². The van der Waals surface area contributed by atoms with E-state index in [1.807, 2.05) is 25.5 Å². The summed E-state index contributed by atoms with van der Waals surface area (Å²) < 4.78 is 4.38. The van der Waals surface area contributed by atoms with Gasteiger partial charge in [0.2, 0.25) is 0 Å². The quantitative estimate of drug-likeness (QED) is 0.835. The summed E-state index contributed by atoms with van der Waals surface area (Å²) in [5.74, 6) is 2.19. The van der Waals surface area contributed by atoms with Gasteiger partial charge in [-0.15, -0.1) is 0 Å². The Hall–Kier alpha value is -1.62. The molecule has 0 saturated heterocycles. The minimum atomic E-state index is 0.728. The average molecular weight is 245 g/mol. The lowest BCUT2D eigenvalue weighted by Gasteiger charge is -2.10. The fourth-order valence-corrected chi connectivity index (χ4v) is 2.09. The van der Waals surface area contributed by atoms with Gasteiger partial charge in [0.1, 0.15) is 11.6 Å². The molecule has 2 aromatic rings. The summed E-state index contributed by atoms with van der Waals surface area (Å²) in [5.41, 5.74) is 0. The van der Waals surface area contributed by atoms with Crippen molar-refractivity contribution >= 4 is 0 Å². The van der Waals surface area contributed by atoms with Crippen LogP contribution < -0.4 is 5.32 Å². The lowest BCUT2D eigenvalue weighted by molar-refractivity contribution is 0.533. The number of aryl methyl sites for hydroxylation is 3. The second-order valence-corrected chi connectivity index (χ2v) is 4.86. The Balaban J connectivity index is 1.58. The second-order valence-electron chi connectivity index (χ2n) is 4.86. The molecule has 0 aliphatic heterocycles. The van der Waals surface area contributed by atoms with Crippen LogP contribution >= 0.6 is 0 Å². The molecule has 0 aromatic carbocycles. The van der Waals surface area contributed by atoms with E-state index in [0.717, 1.165) is 37.3 Å². The molecule has 3 rings (SSSR count). The zero-order chi connectivity index (χ0) is 12.4. The van der Waals surface area contributed by atoms with E-state index in [0.29, 0.717) is 0 Å². The highest BCUT2D eigenvalue weighted by atomic mass is 15.1. The average Bonchev–Trinajstić information content (AvgIpc) is 2.94. The van der Waals surface area contributed by atoms with Crippen LogP contribution in [-0.2, 0) is 19.6 Å². The second kappa shape index (κ2) is 4.94. The van der Waals surface area contributed by atoms with Gasteiger partial charge >= 0.3 is 0 Å². The first-order chi connectivity index (χ1) is 8.83. The summed E-state index contributed by atoms with van der Waals surface area (Å²) in [6.07, 6.45) is 10.4. The van der Waals surface area contributed by atoms with E-state index in [1.165, 1.54) is 12.8 Å². The Morgan fingerprint density at radius 2 is 1.89 bits per heavy atom. The molecule has 18 heavy (non-hydrogen) atoms. The number of nitrogens with zero attached hydrogens (tertiary/aromatic N) is 4. The first kappa shape index (κ1) is 11.5. The Morgan fingerprint density at radius 3 is 2.61 bits per heavy atom. The smallest absolute Gasteiger partial charge is 0.122 e. The van der Waals surface area contributed by atoms with E-state index in [4.69, 9.17) is 0 Å². The van der Waals surface area contributed by atoms with Crippen LogP contribution in [0.4, 0.5) is 0 Å². The number of aromatic nitrogens is 4. The Kier molecular flexibility index (Phi) is 3.15. The fraction of sp³-hybridized carbons (Fsp3) is 0.538. The molecule has 0 radical (unpaired) electrons. The number of hydrogen-bond acceptors (Lipinski definition) is 3. The molecule has 0 amide bonds. The standard InChI is InChI=1S/C13H19N5/c1-11-14-4-6-17(11)8-9-18-7-5-15-13(18)10-16-12-2-3-12/h4-7,12,16H,2-3,8-10H2,1H3. The van der Waals surface area contributed by atoms with Crippen LogP contribution in [0.1, 0.15) is 24.5 Å². The Labute approximate surface area is 107 Å². The van der Waals surface area contributed by atoms with E-state index in [-0.39, 0.29) is 0 Å². The van der Waals surface area contributed by atoms with Crippen molar-refractivity contribution in [1.29, 1.82) is 0 Å². The molecule has 0 atom stereocenters. The molecule has 2 heterocycles. The summed E-state index contributed by atoms with van der Waals surface area (Å²) >= 11 is 0. The van der Waals surface area contributed by atoms with E-state index in [1.54, 1.807) is 0 Å². The van der Waals surface area contributed by atoms with Gasteiger partial charge in [-0.1, -0.05) is 0 Å². The molecular weight excluding hydrogens is 226 g/mol. The Morgan fingerprint density at radius 1 is 1.17 bits per heavy atom. The van der Waals surface area contributed by atoms with E-state index < -0.39 is 0 Å². The maximum absolute atomic E-state index is 4.41. The highest BCUT2D eigenvalue weighted by molar-refractivity contribution is 4.95. The largest absolute Gasteiger partial charge is 0.333 e. The van der Waals surface area contributed by atoms with Gasteiger partial charge in [0.05, 0.1) is 6.54 Å². The molecule has 1 N–H and O–H groups in total. The summed E-state index contributed by atoms with van der Waals surface area (Å²) in [6, 6.07) is 0.728. The minimum absolute atomic E-state index is 0.728. The third-order valence-corrected chi connectivity index (χ3v) is 3.43. The normalized spacial score (nSPS) is 15.2. The lowest BCUT2D eigenvalue weighted by Crippen LogP contribution is -2.19. The summed E-state index contributed by atoms with van der Waals surface area (Å²) in [5, 5.41) is 3.50. The molecule has 5 heteroatoms. The van der Waals surface area contributed by atoms with Crippen molar-refractivity contribution in [3.63, 3.8) is 0 Å². The molecule has 0 spiro atoms. The molecule has 1 aliphatic rings. The zero-order valence-electron chi connectivity index (χ0n) is 10.7. The lowest BCUT2D eigenvalue weighted by atomic mass is 10.5. The molecule has 1 fully saturated rings. The van der Waals surface area contributed by atoms with Gasteiger partial charge < -0.3 is 14.5 Å². The maximum atomic E-state index is 4.41. The van der Waals surface area contributed by atoms with Crippen LogP contribution in [0.2, 0.25) is 0 Å². The van der Waals surface area contributed by atoms with Crippen molar-refractivity contribution < 1.29 is 0 Å². The van der Waals surface area contributed by atoms with E-state index in [2.05, 4.69) is 30.6 Å². The zero-order valence-corrected chi connectivity index (χ0v) is 10.7. The van der Waals surface area contributed by atoms with Crippen molar-refractivity contribution in [3.8, 4) is 0 Å². The predicted molar refractivity (Wildman–Crippen MR) is 69.1 cm³/mol. The van der Waals surface area contributed by atoms with Gasteiger partial charge in [-0.25, -0.2) is 9.97 Å². The number of rotatable bonds is 6. The van der Waals surface area contributed by atoms with Crippen molar-refractivity contribution in [2.45, 2.75) is 45.4 Å². The van der Waals surface area contributed by atoms with Crippen LogP contribution in [0, 0.1) is 6.92 Å². The molecular formula is C13H19N5. The number of imidazole rings is 2. The van der Waals surface area contributed by atoms with Crippen molar-refractivity contribution in [2.75, 3.05) is 0 Å². The van der Waals surface area contributed by atoms with Crippen LogP contribution in [0.3, 0.4) is 0 Å². The van der Waals surface area contributed by atoms with Gasteiger partial charge in [-0.2, -0.15) is 0 Å². The number of hydrogen-bond donors (Lipinski definition) is 1. The third-order valence-electron chi connectivity index (χ3n) is 3.43. The first-order valence-electron chi connectivity index (χ1n) is 6.54. The van der Waals surface area contributed by atoms with Crippen molar-refractivity contribution in [3.05, 3.63) is 36.4 Å². The number of nitrogens with one attached hydrogen (secondary N) is 1. The monoisotopic (exact) mass is 245 g/mol. The van der Waals surface area contributed by atoms with Crippen LogP contribution in [-0.4, -0.2) is 25.1 Å². The highest BCUT2D eigenvalue weighted by Crippen LogP contribution is 2.19. The first-order valence-corrected chi connectivity index (χ1v) is 6.54. The molecule has 0 bridgehead atoms. The highest BCUT2D eigenvalue weighted by Gasteiger charge is 2.20. The van der Waals surface area contributed by atoms with E-state index >= 15 is 0 Å². The Bertz CT molecular complexity index is 509. The van der Waals surface area contributed by atoms with Crippen LogP contribution in [0.15, 0.2) is 24.8 Å². The predicted octanol–water partition coefficient (Wildman–Crippen LogP) is 1.34. The SMILES string of the molecule is Cc1nccn1CCn1ccnc1CNC1CC1. The van der Waals surface area contributed by atoms with Crippen LogP contribution in [0.5, 0.6) is 0 Å². The molecule has 1 aliphatic carbocycles. The fourth-order valence-electron chi connectivity index (χ4n) is 2.09. The van der Waals surface area contributed by atoms with E-state index in [9.17, 15) is 0 Å². The molecule has 96 valence electrons. The summed E-state index contributed by atoms with van der Waals surface area (Å²) in [6.45, 7) is 4.79. The van der Waals surface area contributed by atoms with Gasteiger partial charge in [0.15, 0.2) is 0 Å². The minimum Gasteiger partial charge on any atom is -0.333 e. The molecule has 0 unspecified atom stereocenters. The molecule has 1 saturated carbocycles. The maximum Gasteiger partial charge on any atom is 0.122 e. The molecule has 2 aromatic heterocycles. The van der Waals surface area contributed by atoms with Gasteiger partial charge in [-0.3, -0.25) is 0 Å². The van der Waals surface area contributed by atoms with Gasteiger partial charge in [-0.05, 0) is 19.8 Å². The van der Waals surface area contributed by atoms with Crippen molar-refractivity contribution in [1.82, 2.24) is 24.4 Å². The topological polar surface area (TPSA) is 47.7 Å². The molecule has 5 nitrogen and oxygen atoms in total. The van der Waals surface area contributed by atoms with Crippen LogP contribution in [0.25, 0.3) is 0 Å². The van der Waals surface area contributed by atoms with Crippen molar-refractivity contribution in [2.24, 2.45) is 0 Å². The summed E-state index contributed by atoms with van der Waals surface area (Å²) in [4.78, 5) is 8.65. The summed E-state index contributed by atoms with van der Waals surface area (Å²) in [7, 11) is 0. The van der Waals surface area contributed by atoms with Gasteiger partial charge in [0.25, 0.3) is 0 Å². The third kappa shape index (κ3) is 2.61.